The number of hydrogen-bond acceptors (Lipinski definition) is 5. The van der Waals surface area contributed by atoms with E-state index in [0.29, 0.717) is 23.9 Å². The number of rotatable bonds is 7. The van der Waals surface area contributed by atoms with Crippen LogP contribution in [0, 0.1) is 0 Å². The molecule has 0 fully saturated rings. The van der Waals surface area contributed by atoms with E-state index in [1.165, 1.54) is 0 Å². The van der Waals surface area contributed by atoms with Gasteiger partial charge in [0.1, 0.15) is 17.3 Å². The van der Waals surface area contributed by atoms with E-state index in [4.69, 9.17) is 4.74 Å². The smallest absolute Gasteiger partial charge is 0.270 e. The van der Waals surface area contributed by atoms with Crippen molar-refractivity contribution in [3.05, 3.63) is 66.4 Å². The summed E-state index contributed by atoms with van der Waals surface area (Å²) in [5.74, 6) is 1.48. The molecule has 1 heterocycles. The number of hydrogen-bond donors (Lipinski definition) is 2. The van der Waals surface area contributed by atoms with Crippen LogP contribution in [0.15, 0.2) is 60.7 Å². The zero-order valence-corrected chi connectivity index (χ0v) is 16.3. The van der Waals surface area contributed by atoms with Gasteiger partial charge in [-0.25, -0.2) is 9.97 Å². The molecule has 2 aromatic carbocycles. The number of carbonyl (C=O) groups excluding carboxylic acids is 1. The maximum atomic E-state index is 12.6. The third-order valence-corrected chi connectivity index (χ3v) is 3.86. The van der Waals surface area contributed by atoms with Crippen molar-refractivity contribution in [1.82, 2.24) is 15.3 Å². The Morgan fingerprint density at radius 3 is 2.46 bits per heavy atom. The number of ether oxygens (including phenoxy) is 1. The second kappa shape index (κ2) is 8.99. The van der Waals surface area contributed by atoms with Crippen molar-refractivity contribution in [1.29, 1.82) is 0 Å². The number of aromatic nitrogens is 2. The Bertz CT molecular complexity index is 942. The zero-order valence-electron chi connectivity index (χ0n) is 16.3. The summed E-state index contributed by atoms with van der Waals surface area (Å²) in [7, 11) is 0. The number of nitrogens with zero attached hydrogens (tertiary/aromatic N) is 2. The minimum absolute atomic E-state index is 0.0118. The molecule has 2 N–H and O–H groups in total. The van der Waals surface area contributed by atoms with Crippen LogP contribution in [0.5, 0.6) is 5.75 Å². The molecule has 0 atom stereocenters. The molecule has 6 nitrogen and oxygen atoms in total. The lowest BCUT2D eigenvalue weighted by atomic mass is 10.2. The predicted octanol–water partition coefficient (Wildman–Crippen LogP) is 4.42. The standard InChI is InChI=1S/C22H24N4O2/c1-4-28-19-13-9-8-12-17(19)24-20-14-18(22(27)23-15(2)3)25-21(26-20)16-10-6-5-7-11-16/h5-15H,4H2,1-3H3,(H,23,27)(H,24,25,26). The van der Waals surface area contributed by atoms with E-state index in [0.717, 1.165) is 17.0 Å². The van der Waals surface area contributed by atoms with E-state index in [1.54, 1.807) is 6.07 Å². The highest BCUT2D eigenvalue weighted by Crippen LogP contribution is 2.28. The third-order valence-electron chi connectivity index (χ3n) is 3.86. The first-order valence-corrected chi connectivity index (χ1v) is 9.31. The average Bonchev–Trinajstić information content (AvgIpc) is 2.69. The Morgan fingerprint density at radius 2 is 1.75 bits per heavy atom. The molecule has 3 rings (SSSR count). The van der Waals surface area contributed by atoms with Crippen LogP contribution in [0.1, 0.15) is 31.3 Å². The molecule has 0 spiro atoms. The number of anilines is 2. The van der Waals surface area contributed by atoms with Gasteiger partial charge in [0.05, 0.1) is 12.3 Å². The van der Waals surface area contributed by atoms with Crippen molar-refractivity contribution >= 4 is 17.4 Å². The van der Waals surface area contributed by atoms with Crippen molar-refractivity contribution in [2.24, 2.45) is 0 Å². The summed E-state index contributed by atoms with van der Waals surface area (Å²) < 4.78 is 5.67. The number of nitrogens with one attached hydrogen (secondary N) is 2. The van der Waals surface area contributed by atoms with Gasteiger partial charge in [-0.3, -0.25) is 4.79 Å². The van der Waals surface area contributed by atoms with Crippen LogP contribution in [0.4, 0.5) is 11.5 Å². The molecule has 0 saturated heterocycles. The molecule has 0 aliphatic carbocycles. The van der Waals surface area contributed by atoms with Crippen LogP contribution in [0.3, 0.4) is 0 Å². The Balaban J connectivity index is 2.01. The van der Waals surface area contributed by atoms with Crippen molar-refractivity contribution < 1.29 is 9.53 Å². The van der Waals surface area contributed by atoms with Gasteiger partial charge in [-0.05, 0) is 32.9 Å². The molecule has 0 saturated carbocycles. The maximum Gasteiger partial charge on any atom is 0.270 e. The quantitative estimate of drug-likeness (QED) is 0.638. The highest BCUT2D eigenvalue weighted by molar-refractivity contribution is 5.93. The molecule has 0 unspecified atom stereocenters. The first-order valence-electron chi connectivity index (χ1n) is 9.31. The van der Waals surface area contributed by atoms with E-state index in [9.17, 15) is 4.79 Å². The van der Waals surface area contributed by atoms with Gasteiger partial charge in [-0.1, -0.05) is 42.5 Å². The molecule has 0 aliphatic heterocycles. The van der Waals surface area contributed by atoms with Crippen molar-refractivity contribution in [3.63, 3.8) is 0 Å². The second-order valence-corrected chi connectivity index (χ2v) is 6.51. The fraction of sp³-hybridized carbons (Fsp3) is 0.227. The van der Waals surface area contributed by atoms with Gasteiger partial charge in [-0.2, -0.15) is 0 Å². The molecule has 0 bridgehead atoms. The van der Waals surface area contributed by atoms with Crippen LogP contribution in [0.2, 0.25) is 0 Å². The third kappa shape index (κ3) is 4.85. The zero-order chi connectivity index (χ0) is 19.9. The molecule has 1 aromatic heterocycles. The van der Waals surface area contributed by atoms with Crippen LogP contribution in [-0.2, 0) is 0 Å². The number of para-hydroxylation sites is 2. The molecule has 144 valence electrons. The first-order chi connectivity index (χ1) is 13.6. The fourth-order valence-electron chi connectivity index (χ4n) is 2.67. The second-order valence-electron chi connectivity index (χ2n) is 6.51. The lowest BCUT2D eigenvalue weighted by molar-refractivity contribution is 0.0938. The van der Waals surface area contributed by atoms with E-state index in [2.05, 4.69) is 20.6 Å². The molecule has 1 amide bonds. The van der Waals surface area contributed by atoms with Crippen LogP contribution in [0.25, 0.3) is 11.4 Å². The minimum atomic E-state index is -0.240. The predicted molar refractivity (Wildman–Crippen MR) is 111 cm³/mol. The SMILES string of the molecule is CCOc1ccccc1Nc1cc(C(=O)NC(C)C)nc(-c2ccccc2)n1. The van der Waals surface area contributed by atoms with Crippen LogP contribution in [-0.4, -0.2) is 28.5 Å². The summed E-state index contributed by atoms with van der Waals surface area (Å²) in [5, 5.41) is 6.14. The van der Waals surface area contributed by atoms with Crippen molar-refractivity contribution in [2.45, 2.75) is 26.8 Å². The summed E-state index contributed by atoms with van der Waals surface area (Å²) in [6, 6.07) is 18.9. The lowest BCUT2D eigenvalue weighted by Crippen LogP contribution is -2.31. The maximum absolute atomic E-state index is 12.6. The van der Waals surface area contributed by atoms with E-state index in [1.807, 2.05) is 75.4 Å². The van der Waals surface area contributed by atoms with Gasteiger partial charge in [0.15, 0.2) is 5.82 Å². The Hall–Kier alpha value is -3.41. The van der Waals surface area contributed by atoms with E-state index in [-0.39, 0.29) is 11.9 Å². The molecule has 0 aliphatic rings. The highest BCUT2D eigenvalue weighted by Gasteiger charge is 2.15. The first kappa shape index (κ1) is 19.4. The summed E-state index contributed by atoms with van der Waals surface area (Å²) in [5.41, 5.74) is 1.92. The molecule has 3 aromatic rings. The Morgan fingerprint density at radius 1 is 1.04 bits per heavy atom. The van der Waals surface area contributed by atoms with Gasteiger partial charge in [0, 0.05) is 17.7 Å². The van der Waals surface area contributed by atoms with Crippen molar-refractivity contribution in [3.8, 4) is 17.1 Å². The topological polar surface area (TPSA) is 76.1 Å². The highest BCUT2D eigenvalue weighted by atomic mass is 16.5. The molecule has 0 radical (unpaired) electrons. The van der Waals surface area contributed by atoms with Gasteiger partial charge in [-0.15, -0.1) is 0 Å². The fourth-order valence-corrected chi connectivity index (χ4v) is 2.67. The summed E-state index contributed by atoms with van der Waals surface area (Å²) >= 11 is 0. The van der Waals surface area contributed by atoms with Gasteiger partial charge in [0.2, 0.25) is 0 Å². The van der Waals surface area contributed by atoms with Crippen LogP contribution < -0.4 is 15.4 Å². The summed E-state index contributed by atoms with van der Waals surface area (Å²) in [6.45, 7) is 6.31. The van der Waals surface area contributed by atoms with E-state index < -0.39 is 0 Å². The molecular formula is C22H24N4O2. The number of carbonyl (C=O) groups is 1. The lowest BCUT2D eigenvalue weighted by Gasteiger charge is -2.14. The largest absolute Gasteiger partial charge is 0.492 e. The van der Waals surface area contributed by atoms with Gasteiger partial charge < -0.3 is 15.4 Å². The van der Waals surface area contributed by atoms with Gasteiger partial charge >= 0.3 is 0 Å². The normalized spacial score (nSPS) is 10.6. The summed E-state index contributed by atoms with van der Waals surface area (Å²) in [4.78, 5) is 21.6. The minimum Gasteiger partial charge on any atom is -0.492 e. The van der Waals surface area contributed by atoms with E-state index >= 15 is 0 Å². The Kier molecular flexibility index (Phi) is 6.22. The van der Waals surface area contributed by atoms with Crippen LogP contribution >= 0.6 is 0 Å². The monoisotopic (exact) mass is 376 g/mol. The average molecular weight is 376 g/mol. The van der Waals surface area contributed by atoms with Crippen molar-refractivity contribution in [2.75, 3.05) is 11.9 Å². The molecular weight excluding hydrogens is 352 g/mol. The Labute approximate surface area is 165 Å². The van der Waals surface area contributed by atoms with Gasteiger partial charge in [0.25, 0.3) is 5.91 Å². The number of benzene rings is 2. The molecule has 28 heavy (non-hydrogen) atoms. The summed E-state index contributed by atoms with van der Waals surface area (Å²) in [6.07, 6.45) is 0. The number of amides is 1. The molecule has 6 heteroatoms.